The molecule has 1 aromatic heterocycles. The minimum Gasteiger partial charge on any atom is -0.373 e. The molecule has 1 aromatic rings. The molecule has 0 aromatic carbocycles. The molecule has 0 spiro atoms. The van der Waals surface area contributed by atoms with E-state index in [0.717, 1.165) is 30.2 Å². The topological polar surface area (TPSA) is 54.9 Å². The Hall–Kier alpha value is -1.18. The number of ether oxygens (including phenoxy) is 2. The Morgan fingerprint density at radius 3 is 3.09 bits per heavy atom. The number of hydrogen-bond acceptors (Lipinski definition) is 5. The zero-order valence-corrected chi connectivity index (χ0v) is 14.1. The van der Waals surface area contributed by atoms with Crippen molar-refractivity contribution in [3.05, 3.63) is 16.1 Å². The SMILES string of the molecule is Cc1nc(CO[C@@H]2CN(C(=O)N(C)C)[C@H]3CCCO[C@@H]23)cs1. The highest BCUT2D eigenvalue weighted by molar-refractivity contribution is 7.09. The van der Waals surface area contributed by atoms with Crippen LogP contribution in [0.4, 0.5) is 4.79 Å². The maximum atomic E-state index is 12.4. The van der Waals surface area contributed by atoms with Gasteiger partial charge in [0.15, 0.2) is 0 Å². The van der Waals surface area contributed by atoms with E-state index in [1.54, 1.807) is 30.3 Å². The molecule has 3 rings (SSSR count). The molecule has 2 saturated heterocycles. The van der Waals surface area contributed by atoms with Gasteiger partial charge in [-0.25, -0.2) is 9.78 Å². The molecule has 0 bridgehead atoms. The summed E-state index contributed by atoms with van der Waals surface area (Å²) in [4.78, 5) is 20.3. The van der Waals surface area contributed by atoms with Crippen LogP contribution in [0.15, 0.2) is 5.38 Å². The second-order valence-electron chi connectivity index (χ2n) is 6.08. The van der Waals surface area contributed by atoms with Gasteiger partial charge in [-0.3, -0.25) is 0 Å². The van der Waals surface area contributed by atoms with Crippen LogP contribution in [0.5, 0.6) is 0 Å². The van der Waals surface area contributed by atoms with E-state index in [1.165, 1.54) is 0 Å². The van der Waals surface area contributed by atoms with Gasteiger partial charge in [0.1, 0.15) is 12.2 Å². The maximum Gasteiger partial charge on any atom is 0.319 e. The van der Waals surface area contributed by atoms with Crippen molar-refractivity contribution in [1.29, 1.82) is 0 Å². The molecule has 3 heterocycles. The van der Waals surface area contributed by atoms with E-state index in [-0.39, 0.29) is 24.3 Å². The number of thiazole rings is 1. The highest BCUT2D eigenvalue weighted by atomic mass is 32.1. The van der Waals surface area contributed by atoms with Gasteiger partial charge in [0.05, 0.1) is 29.9 Å². The zero-order valence-electron chi connectivity index (χ0n) is 13.3. The molecule has 0 saturated carbocycles. The maximum absolute atomic E-state index is 12.4. The van der Waals surface area contributed by atoms with E-state index in [2.05, 4.69) is 4.98 Å². The Kier molecular flexibility index (Phi) is 4.65. The van der Waals surface area contributed by atoms with Gasteiger partial charge in [0.25, 0.3) is 0 Å². The summed E-state index contributed by atoms with van der Waals surface area (Å²) >= 11 is 1.63. The Balaban J connectivity index is 1.67. The Labute approximate surface area is 135 Å². The number of carbonyl (C=O) groups is 1. The van der Waals surface area contributed by atoms with Crippen LogP contribution in [0, 0.1) is 6.92 Å². The van der Waals surface area contributed by atoms with Crippen LogP contribution in [-0.2, 0) is 16.1 Å². The smallest absolute Gasteiger partial charge is 0.319 e. The first-order valence-corrected chi connectivity index (χ1v) is 8.56. The molecule has 2 aliphatic rings. The number of carbonyl (C=O) groups excluding carboxylic acids is 1. The molecule has 2 amide bonds. The first kappa shape index (κ1) is 15.7. The molecule has 22 heavy (non-hydrogen) atoms. The van der Waals surface area contributed by atoms with Crippen molar-refractivity contribution in [2.24, 2.45) is 0 Å². The third-order valence-electron chi connectivity index (χ3n) is 4.22. The number of aromatic nitrogens is 1. The molecule has 2 fully saturated rings. The average Bonchev–Trinajstić information content (AvgIpc) is 3.08. The molecule has 6 nitrogen and oxygen atoms in total. The van der Waals surface area contributed by atoms with Gasteiger partial charge < -0.3 is 19.3 Å². The van der Waals surface area contributed by atoms with Crippen LogP contribution in [0.3, 0.4) is 0 Å². The number of aryl methyl sites for hydroxylation is 1. The van der Waals surface area contributed by atoms with Crippen molar-refractivity contribution in [3.63, 3.8) is 0 Å². The molecule has 3 atom stereocenters. The fraction of sp³-hybridized carbons (Fsp3) is 0.733. The summed E-state index contributed by atoms with van der Waals surface area (Å²) in [5.41, 5.74) is 0.951. The van der Waals surface area contributed by atoms with Crippen LogP contribution in [0.2, 0.25) is 0 Å². The summed E-state index contributed by atoms with van der Waals surface area (Å²) in [6.45, 7) is 3.81. The number of likely N-dealkylation sites (tertiary alicyclic amines) is 1. The van der Waals surface area contributed by atoms with Crippen molar-refractivity contribution in [3.8, 4) is 0 Å². The van der Waals surface area contributed by atoms with Crippen molar-refractivity contribution in [1.82, 2.24) is 14.8 Å². The molecule has 0 radical (unpaired) electrons. The average molecular weight is 325 g/mol. The summed E-state index contributed by atoms with van der Waals surface area (Å²) in [6.07, 6.45) is 1.89. The summed E-state index contributed by atoms with van der Waals surface area (Å²) in [6, 6.07) is 0.168. The monoisotopic (exact) mass is 325 g/mol. The standard InChI is InChI=1S/C15H23N3O3S/c1-10-16-11(9-22-10)8-21-13-7-18(15(19)17(2)3)12-5-4-6-20-14(12)13/h9,12-14H,4-8H2,1-3H3/t12-,13+,14+/m0/s1. The predicted octanol–water partition coefficient (Wildman–Crippen LogP) is 1.88. The lowest BCUT2D eigenvalue weighted by atomic mass is 10.0. The second-order valence-corrected chi connectivity index (χ2v) is 7.14. The highest BCUT2D eigenvalue weighted by Crippen LogP contribution is 2.31. The van der Waals surface area contributed by atoms with Crippen LogP contribution < -0.4 is 0 Å². The Morgan fingerprint density at radius 1 is 1.59 bits per heavy atom. The number of rotatable bonds is 3. The minimum atomic E-state index is -0.0730. The quantitative estimate of drug-likeness (QED) is 0.851. The van der Waals surface area contributed by atoms with E-state index < -0.39 is 0 Å². The van der Waals surface area contributed by atoms with Crippen molar-refractivity contribution < 1.29 is 14.3 Å². The largest absolute Gasteiger partial charge is 0.373 e. The molecular weight excluding hydrogens is 302 g/mol. The van der Waals surface area contributed by atoms with E-state index in [1.807, 2.05) is 17.2 Å². The normalized spacial score (nSPS) is 27.8. The number of nitrogens with zero attached hydrogens (tertiary/aromatic N) is 3. The van der Waals surface area contributed by atoms with E-state index in [0.29, 0.717) is 13.2 Å². The zero-order chi connectivity index (χ0) is 15.7. The lowest BCUT2D eigenvalue weighted by molar-refractivity contribution is -0.0813. The van der Waals surface area contributed by atoms with Crippen molar-refractivity contribution >= 4 is 17.4 Å². The summed E-state index contributed by atoms with van der Waals surface area (Å²) in [5.74, 6) is 0. The van der Waals surface area contributed by atoms with Crippen LogP contribution in [0.25, 0.3) is 0 Å². The first-order valence-electron chi connectivity index (χ1n) is 7.68. The van der Waals surface area contributed by atoms with Crippen molar-refractivity contribution in [2.75, 3.05) is 27.2 Å². The van der Waals surface area contributed by atoms with Crippen molar-refractivity contribution in [2.45, 2.75) is 44.6 Å². The number of urea groups is 1. The number of fused-ring (bicyclic) bond motifs is 1. The van der Waals surface area contributed by atoms with Gasteiger partial charge in [0.2, 0.25) is 0 Å². The Bertz CT molecular complexity index is 534. The summed E-state index contributed by atoms with van der Waals surface area (Å²) < 4.78 is 12.0. The fourth-order valence-corrected chi connectivity index (χ4v) is 3.80. The lowest BCUT2D eigenvalue weighted by Gasteiger charge is -2.33. The van der Waals surface area contributed by atoms with E-state index in [4.69, 9.17) is 9.47 Å². The summed E-state index contributed by atoms with van der Waals surface area (Å²) in [5, 5.41) is 3.06. The second kappa shape index (κ2) is 6.52. The molecule has 0 N–H and O–H groups in total. The first-order chi connectivity index (χ1) is 10.6. The van der Waals surface area contributed by atoms with Crippen LogP contribution in [-0.4, -0.2) is 66.3 Å². The molecule has 122 valence electrons. The van der Waals surface area contributed by atoms with E-state index >= 15 is 0 Å². The van der Waals surface area contributed by atoms with Gasteiger partial charge in [-0.2, -0.15) is 0 Å². The summed E-state index contributed by atoms with van der Waals surface area (Å²) in [7, 11) is 3.57. The molecule has 0 unspecified atom stereocenters. The molecule has 0 aliphatic carbocycles. The highest BCUT2D eigenvalue weighted by Gasteiger charge is 2.47. The van der Waals surface area contributed by atoms with Gasteiger partial charge in [-0.15, -0.1) is 11.3 Å². The fourth-order valence-electron chi connectivity index (χ4n) is 3.20. The van der Waals surface area contributed by atoms with Gasteiger partial charge in [-0.1, -0.05) is 0 Å². The number of amides is 2. The van der Waals surface area contributed by atoms with Gasteiger partial charge in [0, 0.05) is 26.1 Å². The minimum absolute atomic E-state index is 0.0163. The third-order valence-corrected chi connectivity index (χ3v) is 5.04. The molecule has 7 heteroatoms. The van der Waals surface area contributed by atoms with Crippen LogP contribution >= 0.6 is 11.3 Å². The van der Waals surface area contributed by atoms with Crippen LogP contribution in [0.1, 0.15) is 23.5 Å². The Morgan fingerprint density at radius 2 is 2.41 bits per heavy atom. The van der Waals surface area contributed by atoms with E-state index in [9.17, 15) is 4.79 Å². The molecular formula is C15H23N3O3S. The van der Waals surface area contributed by atoms with Gasteiger partial charge in [-0.05, 0) is 19.8 Å². The third kappa shape index (κ3) is 3.11. The predicted molar refractivity (Wildman–Crippen MR) is 84.0 cm³/mol. The molecule has 2 aliphatic heterocycles. The van der Waals surface area contributed by atoms with Gasteiger partial charge >= 0.3 is 6.03 Å². The lowest BCUT2D eigenvalue weighted by Crippen LogP contribution is -2.47. The number of hydrogen-bond donors (Lipinski definition) is 0.